The van der Waals surface area contributed by atoms with Crippen molar-refractivity contribution in [3.63, 3.8) is 0 Å². The van der Waals surface area contributed by atoms with Crippen molar-refractivity contribution in [1.82, 2.24) is 0 Å². The second kappa shape index (κ2) is 7.71. The van der Waals surface area contributed by atoms with Crippen LogP contribution in [0, 0.1) is 0 Å². The van der Waals surface area contributed by atoms with Crippen LogP contribution in [0.5, 0.6) is 5.75 Å². The number of methoxy groups -OCH3 is 1. The van der Waals surface area contributed by atoms with Crippen molar-refractivity contribution < 1.29 is 9.53 Å². The Morgan fingerprint density at radius 2 is 2.00 bits per heavy atom. The molecule has 0 saturated heterocycles. The Bertz CT molecular complexity index is 599. The van der Waals surface area contributed by atoms with Gasteiger partial charge >= 0.3 is 0 Å². The minimum Gasteiger partial charge on any atom is -0.497 e. The van der Waals surface area contributed by atoms with Crippen LogP contribution in [-0.4, -0.2) is 18.8 Å². The van der Waals surface area contributed by atoms with Gasteiger partial charge in [-0.05, 0) is 42.0 Å². The molecule has 0 atom stereocenters. The Morgan fingerprint density at radius 1 is 1.24 bits per heavy atom. The van der Waals surface area contributed by atoms with Gasteiger partial charge in [0.1, 0.15) is 5.75 Å². The summed E-state index contributed by atoms with van der Waals surface area (Å²) < 4.78 is 5.07. The Hall–Kier alpha value is -1.98. The summed E-state index contributed by atoms with van der Waals surface area (Å²) in [7, 11) is 1.61. The standard InChI is InChI=1S/C16H18N2O2S/c1-20-14-7-5-13(6-8-14)18-16(19)11-21-15-4-2-3-12(9-15)10-17/h2-9H,10-11,17H2,1H3,(H,18,19). The molecule has 0 unspecified atom stereocenters. The van der Waals surface area contributed by atoms with E-state index in [-0.39, 0.29) is 5.91 Å². The van der Waals surface area contributed by atoms with E-state index in [0.717, 1.165) is 21.9 Å². The molecule has 1 amide bonds. The molecular formula is C16H18N2O2S. The highest BCUT2D eigenvalue weighted by Gasteiger charge is 2.04. The number of ether oxygens (including phenoxy) is 1. The van der Waals surface area contributed by atoms with Gasteiger partial charge in [-0.3, -0.25) is 4.79 Å². The number of carbonyl (C=O) groups excluding carboxylic acids is 1. The van der Waals surface area contributed by atoms with E-state index in [1.54, 1.807) is 7.11 Å². The summed E-state index contributed by atoms with van der Waals surface area (Å²) in [6.45, 7) is 0.506. The molecule has 0 aliphatic rings. The van der Waals surface area contributed by atoms with E-state index < -0.39 is 0 Å². The molecule has 0 aliphatic carbocycles. The number of hydrogen-bond donors (Lipinski definition) is 2. The number of benzene rings is 2. The molecule has 0 aliphatic heterocycles. The predicted octanol–water partition coefficient (Wildman–Crippen LogP) is 2.88. The molecule has 3 N–H and O–H groups in total. The lowest BCUT2D eigenvalue weighted by Gasteiger charge is -2.07. The third-order valence-corrected chi connectivity index (χ3v) is 3.87. The molecule has 2 aromatic carbocycles. The maximum Gasteiger partial charge on any atom is 0.234 e. The zero-order valence-corrected chi connectivity index (χ0v) is 12.7. The summed E-state index contributed by atoms with van der Waals surface area (Å²) in [6.07, 6.45) is 0. The smallest absolute Gasteiger partial charge is 0.234 e. The van der Waals surface area contributed by atoms with Crippen molar-refractivity contribution in [2.45, 2.75) is 11.4 Å². The molecule has 0 saturated carbocycles. The van der Waals surface area contributed by atoms with Gasteiger partial charge in [0.15, 0.2) is 0 Å². The van der Waals surface area contributed by atoms with Gasteiger partial charge in [0, 0.05) is 17.1 Å². The second-order valence-electron chi connectivity index (χ2n) is 4.42. The fourth-order valence-corrected chi connectivity index (χ4v) is 2.56. The van der Waals surface area contributed by atoms with E-state index in [4.69, 9.17) is 10.5 Å². The van der Waals surface area contributed by atoms with Gasteiger partial charge in [0.2, 0.25) is 5.91 Å². The minimum absolute atomic E-state index is 0.0386. The predicted molar refractivity (Wildman–Crippen MR) is 86.7 cm³/mol. The van der Waals surface area contributed by atoms with Gasteiger partial charge in [-0.15, -0.1) is 11.8 Å². The Labute approximate surface area is 128 Å². The highest BCUT2D eigenvalue weighted by Crippen LogP contribution is 2.20. The Morgan fingerprint density at radius 3 is 2.67 bits per heavy atom. The van der Waals surface area contributed by atoms with Gasteiger partial charge in [-0.2, -0.15) is 0 Å². The number of thioether (sulfide) groups is 1. The first kappa shape index (κ1) is 15.4. The SMILES string of the molecule is COc1ccc(NC(=O)CSc2cccc(CN)c2)cc1. The fourth-order valence-electron chi connectivity index (χ4n) is 1.78. The fraction of sp³-hybridized carbons (Fsp3) is 0.188. The van der Waals surface area contributed by atoms with Crippen LogP contribution in [0.2, 0.25) is 0 Å². The number of anilines is 1. The molecule has 2 rings (SSSR count). The maximum absolute atomic E-state index is 11.9. The largest absolute Gasteiger partial charge is 0.497 e. The molecule has 2 aromatic rings. The molecule has 21 heavy (non-hydrogen) atoms. The molecule has 110 valence electrons. The van der Waals surface area contributed by atoms with Crippen molar-refractivity contribution in [3.05, 3.63) is 54.1 Å². The number of nitrogens with two attached hydrogens (primary N) is 1. The van der Waals surface area contributed by atoms with Crippen LogP contribution in [-0.2, 0) is 11.3 Å². The third kappa shape index (κ3) is 4.81. The molecular weight excluding hydrogens is 284 g/mol. The number of amides is 1. The third-order valence-electron chi connectivity index (χ3n) is 2.88. The van der Waals surface area contributed by atoms with Gasteiger partial charge < -0.3 is 15.8 Å². The minimum atomic E-state index is -0.0386. The summed E-state index contributed by atoms with van der Waals surface area (Å²) in [4.78, 5) is 13.0. The summed E-state index contributed by atoms with van der Waals surface area (Å²) in [5.74, 6) is 1.09. The van der Waals surface area contributed by atoms with Crippen molar-refractivity contribution in [2.75, 3.05) is 18.2 Å². The Kier molecular flexibility index (Phi) is 5.66. The molecule has 4 nitrogen and oxygen atoms in total. The molecule has 5 heteroatoms. The monoisotopic (exact) mass is 302 g/mol. The molecule has 0 heterocycles. The number of carbonyl (C=O) groups is 1. The van der Waals surface area contributed by atoms with Gasteiger partial charge in [0.25, 0.3) is 0 Å². The first-order chi connectivity index (χ1) is 10.2. The first-order valence-corrected chi connectivity index (χ1v) is 7.55. The van der Waals surface area contributed by atoms with E-state index >= 15 is 0 Å². The van der Waals surface area contributed by atoms with E-state index in [2.05, 4.69) is 5.32 Å². The molecule has 0 radical (unpaired) electrons. The molecule has 0 aromatic heterocycles. The summed E-state index contributed by atoms with van der Waals surface area (Å²) in [5, 5.41) is 2.85. The maximum atomic E-state index is 11.9. The van der Waals surface area contributed by atoms with Crippen LogP contribution in [0.1, 0.15) is 5.56 Å². The normalized spacial score (nSPS) is 10.2. The van der Waals surface area contributed by atoms with E-state index in [1.165, 1.54) is 11.8 Å². The Balaban J connectivity index is 1.86. The number of hydrogen-bond acceptors (Lipinski definition) is 4. The zero-order chi connectivity index (χ0) is 15.1. The van der Waals surface area contributed by atoms with Crippen molar-refractivity contribution in [2.24, 2.45) is 5.73 Å². The summed E-state index contributed by atoms with van der Waals surface area (Å²) in [5.41, 5.74) is 7.43. The summed E-state index contributed by atoms with van der Waals surface area (Å²) in [6, 6.07) is 15.2. The highest BCUT2D eigenvalue weighted by molar-refractivity contribution is 8.00. The lowest BCUT2D eigenvalue weighted by Crippen LogP contribution is -2.13. The second-order valence-corrected chi connectivity index (χ2v) is 5.47. The van der Waals surface area contributed by atoms with Crippen LogP contribution in [0.4, 0.5) is 5.69 Å². The van der Waals surface area contributed by atoms with Crippen LogP contribution < -0.4 is 15.8 Å². The average molecular weight is 302 g/mol. The number of nitrogens with one attached hydrogen (secondary N) is 1. The van der Waals surface area contributed by atoms with E-state index in [9.17, 15) is 4.79 Å². The van der Waals surface area contributed by atoms with Crippen molar-refractivity contribution in [3.8, 4) is 5.75 Å². The van der Waals surface area contributed by atoms with Crippen molar-refractivity contribution in [1.29, 1.82) is 0 Å². The zero-order valence-electron chi connectivity index (χ0n) is 11.8. The van der Waals surface area contributed by atoms with Gasteiger partial charge in [-0.1, -0.05) is 12.1 Å². The molecule has 0 spiro atoms. The van der Waals surface area contributed by atoms with Crippen LogP contribution in [0.15, 0.2) is 53.4 Å². The van der Waals surface area contributed by atoms with Crippen molar-refractivity contribution >= 4 is 23.4 Å². The quantitative estimate of drug-likeness (QED) is 0.805. The summed E-state index contributed by atoms with van der Waals surface area (Å²) >= 11 is 1.49. The van der Waals surface area contributed by atoms with Crippen LogP contribution in [0.25, 0.3) is 0 Å². The van der Waals surface area contributed by atoms with E-state index in [0.29, 0.717) is 12.3 Å². The number of rotatable bonds is 6. The van der Waals surface area contributed by atoms with Crippen LogP contribution in [0.3, 0.4) is 0 Å². The van der Waals surface area contributed by atoms with E-state index in [1.807, 2.05) is 48.5 Å². The topological polar surface area (TPSA) is 64.3 Å². The lowest BCUT2D eigenvalue weighted by atomic mass is 10.2. The highest BCUT2D eigenvalue weighted by atomic mass is 32.2. The van der Waals surface area contributed by atoms with Crippen LogP contribution >= 0.6 is 11.8 Å². The first-order valence-electron chi connectivity index (χ1n) is 6.57. The van der Waals surface area contributed by atoms with Gasteiger partial charge in [0.05, 0.1) is 12.9 Å². The average Bonchev–Trinajstić information content (AvgIpc) is 2.54. The van der Waals surface area contributed by atoms with Gasteiger partial charge in [-0.25, -0.2) is 0 Å². The molecule has 0 fully saturated rings. The lowest BCUT2D eigenvalue weighted by molar-refractivity contribution is -0.113. The molecule has 0 bridgehead atoms.